The third-order valence-electron chi connectivity index (χ3n) is 3.49. The van der Waals surface area contributed by atoms with Crippen molar-refractivity contribution in [2.24, 2.45) is 0 Å². The fourth-order valence-electron chi connectivity index (χ4n) is 2.57. The lowest BCUT2D eigenvalue weighted by Crippen LogP contribution is -2.31. The van der Waals surface area contributed by atoms with Gasteiger partial charge in [-0.3, -0.25) is 9.80 Å². The van der Waals surface area contributed by atoms with Crippen molar-refractivity contribution in [3.05, 3.63) is 47.8 Å². The van der Waals surface area contributed by atoms with Crippen molar-refractivity contribution >= 4 is 0 Å². The average molecular weight is 262 g/mol. The second-order valence-corrected chi connectivity index (χ2v) is 5.49. The molecule has 1 aliphatic heterocycles. The standard InChI is InChI=1S/C16H23FN2/c1-14(2)12-18-8-3-9-19(11-10-18)13-15-4-6-16(17)7-5-15/h4-7H,1,3,8-13H2,2H3. The Morgan fingerprint density at radius 1 is 1.11 bits per heavy atom. The van der Waals surface area contributed by atoms with Crippen LogP contribution >= 0.6 is 0 Å². The molecule has 0 aliphatic carbocycles. The molecule has 19 heavy (non-hydrogen) atoms. The van der Waals surface area contributed by atoms with Crippen LogP contribution in [0.1, 0.15) is 18.9 Å². The molecule has 0 aromatic heterocycles. The summed E-state index contributed by atoms with van der Waals surface area (Å²) in [6.07, 6.45) is 1.19. The van der Waals surface area contributed by atoms with Crippen molar-refractivity contribution in [3.8, 4) is 0 Å². The second kappa shape index (κ2) is 6.83. The number of hydrogen-bond acceptors (Lipinski definition) is 2. The predicted octanol–water partition coefficient (Wildman–Crippen LogP) is 2.91. The molecule has 1 heterocycles. The minimum atomic E-state index is -0.160. The molecule has 1 aromatic rings. The maximum atomic E-state index is 12.9. The number of nitrogens with zero attached hydrogens (tertiary/aromatic N) is 2. The highest BCUT2D eigenvalue weighted by Gasteiger charge is 2.14. The van der Waals surface area contributed by atoms with E-state index >= 15 is 0 Å². The van der Waals surface area contributed by atoms with E-state index in [1.807, 2.05) is 12.1 Å². The number of halogens is 1. The maximum absolute atomic E-state index is 12.9. The van der Waals surface area contributed by atoms with E-state index in [2.05, 4.69) is 23.3 Å². The normalized spacial score (nSPS) is 18.2. The van der Waals surface area contributed by atoms with E-state index in [-0.39, 0.29) is 5.82 Å². The number of benzene rings is 1. The highest BCUT2D eigenvalue weighted by Crippen LogP contribution is 2.10. The highest BCUT2D eigenvalue weighted by atomic mass is 19.1. The quantitative estimate of drug-likeness (QED) is 0.770. The van der Waals surface area contributed by atoms with Crippen LogP contribution in [0.15, 0.2) is 36.4 Å². The van der Waals surface area contributed by atoms with Crippen molar-refractivity contribution in [2.75, 3.05) is 32.7 Å². The van der Waals surface area contributed by atoms with Gasteiger partial charge in [0.15, 0.2) is 0 Å². The summed E-state index contributed by atoms with van der Waals surface area (Å²) in [5, 5.41) is 0. The number of hydrogen-bond donors (Lipinski definition) is 0. The Hall–Kier alpha value is -1.19. The maximum Gasteiger partial charge on any atom is 0.123 e. The van der Waals surface area contributed by atoms with Crippen LogP contribution in [-0.4, -0.2) is 42.5 Å². The minimum Gasteiger partial charge on any atom is -0.298 e. The smallest absolute Gasteiger partial charge is 0.123 e. The zero-order valence-corrected chi connectivity index (χ0v) is 11.7. The first-order valence-electron chi connectivity index (χ1n) is 6.97. The zero-order valence-electron chi connectivity index (χ0n) is 11.7. The lowest BCUT2D eigenvalue weighted by Gasteiger charge is -2.21. The van der Waals surface area contributed by atoms with Crippen molar-refractivity contribution in [3.63, 3.8) is 0 Å². The molecule has 1 saturated heterocycles. The fraction of sp³-hybridized carbons (Fsp3) is 0.500. The molecule has 1 aliphatic rings. The van der Waals surface area contributed by atoms with E-state index < -0.39 is 0 Å². The van der Waals surface area contributed by atoms with Gasteiger partial charge in [0.2, 0.25) is 0 Å². The van der Waals surface area contributed by atoms with E-state index in [1.54, 1.807) is 12.1 Å². The Labute approximate surface area is 115 Å². The van der Waals surface area contributed by atoms with Gasteiger partial charge in [0.1, 0.15) is 5.82 Å². The van der Waals surface area contributed by atoms with Gasteiger partial charge in [-0.2, -0.15) is 0 Å². The summed E-state index contributed by atoms with van der Waals surface area (Å²) >= 11 is 0. The van der Waals surface area contributed by atoms with Crippen LogP contribution in [0.3, 0.4) is 0 Å². The largest absolute Gasteiger partial charge is 0.298 e. The molecule has 0 atom stereocenters. The molecular weight excluding hydrogens is 239 g/mol. The third kappa shape index (κ3) is 4.77. The average Bonchev–Trinajstić information content (AvgIpc) is 2.57. The first-order chi connectivity index (χ1) is 9.13. The molecule has 0 amide bonds. The Kier molecular flexibility index (Phi) is 5.11. The Morgan fingerprint density at radius 3 is 2.42 bits per heavy atom. The fourth-order valence-corrected chi connectivity index (χ4v) is 2.57. The Balaban J connectivity index is 1.85. The summed E-state index contributed by atoms with van der Waals surface area (Å²) in [6, 6.07) is 6.85. The van der Waals surface area contributed by atoms with Gasteiger partial charge in [-0.1, -0.05) is 24.3 Å². The summed E-state index contributed by atoms with van der Waals surface area (Å²) in [5.41, 5.74) is 2.42. The molecule has 3 heteroatoms. The summed E-state index contributed by atoms with van der Waals surface area (Å²) in [5.74, 6) is -0.160. The van der Waals surface area contributed by atoms with Gasteiger partial charge in [0, 0.05) is 26.2 Å². The summed E-state index contributed by atoms with van der Waals surface area (Å²) in [6.45, 7) is 12.4. The van der Waals surface area contributed by atoms with Crippen molar-refractivity contribution in [2.45, 2.75) is 19.9 Å². The molecular formula is C16H23FN2. The first kappa shape index (κ1) is 14.2. The monoisotopic (exact) mass is 262 g/mol. The molecule has 1 fully saturated rings. The van der Waals surface area contributed by atoms with Gasteiger partial charge in [0.25, 0.3) is 0 Å². The molecule has 1 aromatic carbocycles. The molecule has 0 saturated carbocycles. The van der Waals surface area contributed by atoms with E-state index in [0.29, 0.717) is 0 Å². The molecule has 0 bridgehead atoms. The second-order valence-electron chi connectivity index (χ2n) is 5.49. The van der Waals surface area contributed by atoms with Crippen LogP contribution in [-0.2, 0) is 6.54 Å². The first-order valence-corrected chi connectivity index (χ1v) is 6.97. The van der Waals surface area contributed by atoms with Gasteiger partial charge in [0.05, 0.1) is 0 Å². The highest BCUT2D eigenvalue weighted by molar-refractivity contribution is 5.15. The van der Waals surface area contributed by atoms with Gasteiger partial charge in [-0.05, 0) is 44.1 Å². The van der Waals surface area contributed by atoms with Gasteiger partial charge in [-0.15, -0.1) is 0 Å². The van der Waals surface area contributed by atoms with Crippen molar-refractivity contribution in [1.29, 1.82) is 0 Å². The summed E-state index contributed by atoms with van der Waals surface area (Å²) in [4.78, 5) is 4.92. The molecule has 2 rings (SSSR count). The number of rotatable bonds is 4. The van der Waals surface area contributed by atoms with Crippen LogP contribution in [0.4, 0.5) is 4.39 Å². The molecule has 0 N–H and O–H groups in total. The van der Waals surface area contributed by atoms with Crippen molar-refractivity contribution in [1.82, 2.24) is 9.80 Å². The Morgan fingerprint density at radius 2 is 1.74 bits per heavy atom. The van der Waals surface area contributed by atoms with E-state index in [0.717, 1.165) is 39.3 Å². The lowest BCUT2D eigenvalue weighted by atomic mass is 10.2. The summed E-state index contributed by atoms with van der Waals surface area (Å²) < 4.78 is 12.9. The van der Waals surface area contributed by atoms with Crippen LogP contribution < -0.4 is 0 Å². The Bertz CT molecular complexity index is 413. The van der Waals surface area contributed by atoms with Gasteiger partial charge < -0.3 is 0 Å². The van der Waals surface area contributed by atoms with Crippen LogP contribution in [0.5, 0.6) is 0 Å². The van der Waals surface area contributed by atoms with Gasteiger partial charge >= 0.3 is 0 Å². The van der Waals surface area contributed by atoms with Gasteiger partial charge in [-0.25, -0.2) is 4.39 Å². The lowest BCUT2D eigenvalue weighted by molar-refractivity contribution is 0.260. The van der Waals surface area contributed by atoms with E-state index in [4.69, 9.17) is 0 Å². The topological polar surface area (TPSA) is 6.48 Å². The van der Waals surface area contributed by atoms with Crippen molar-refractivity contribution < 1.29 is 4.39 Å². The minimum absolute atomic E-state index is 0.160. The molecule has 0 radical (unpaired) electrons. The zero-order chi connectivity index (χ0) is 13.7. The predicted molar refractivity (Wildman–Crippen MR) is 77.5 cm³/mol. The molecule has 104 valence electrons. The van der Waals surface area contributed by atoms with Crippen LogP contribution in [0.2, 0.25) is 0 Å². The van der Waals surface area contributed by atoms with Crippen LogP contribution in [0.25, 0.3) is 0 Å². The van der Waals surface area contributed by atoms with E-state index in [9.17, 15) is 4.39 Å². The molecule has 2 nitrogen and oxygen atoms in total. The van der Waals surface area contributed by atoms with E-state index in [1.165, 1.54) is 17.6 Å². The molecule has 0 unspecified atom stereocenters. The SMILES string of the molecule is C=C(C)CN1CCCN(Cc2ccc(F)cc2)CC1. The molecule has 0 spiro atoms. The third-order valence-corrected chi connectivity index (χ3v) is 3.49. The summed E-state index contributed by atoms with van der Waals surface area (Å²) in [7, 11) is 0. The van der Waals surface area contributed by atoms with Crippen LogP contribution in [0, 0.1) is 5.82 Å².